The summed E-state index contributed by atoms with van der Waals surface area (Å²) < 4.78 is 0. The van der Waals surface area contributed by atoms with E-state index in [9.17, 15) is 0 Å². The lowest BCUT2D eigenvalue weighted by Gasteiger charge is -2.38. The summed E-state index contributed by atoms with van der Waals surface area (Å²) in [5.41, 5.74) is 0.764. The third-order valence-corrected chi connectivity index (χ3v) is 3.77. The van der Waals surface area contributed by atoms with Crippen LogP contribution in [0.4, 0.5) is 0 Å². The van der Waals surface area contributed by atoms with Crippen molar-refractivity contribution in [1.29, 1.82) is 0 Å². The van der Waals surface area contributed by atoms with Crippen molar-refractivity contribution in [3.63, 3.8) is 0 Å². The Morgan fingerprint density at radius 3 is 2.91 bits per heavy atom. The smallest absolute Gasteiger partial charge is 0.0415 e. The Kier molecular flexibility index (Phi) is 2.15. The second-order valence-corrected chi connectivity index (χ2v) is 5.04. The number of thioether (sulfide) groups is 1. The summed E-state index contributed by atoms with van der Waals surface area (Å²) in [5, 5.41) is 3.52. The first-order chi connectivity index (χ1) is 5.35. The molecular formula is C9H17NS. The van der Waals surface area contributed by atoms with Crippen LogP contribution < -0.4 is 5.32 Å². The maximum Gasteiger partial charge on any atom is 0.0415 e. The molecule has 0 spiro atoms. The number of fused-ring (bicyclic) bond motifs is 1. The highest BCUT2D eigenvalue weighted by Crippen LogP contribution is 2.58. The molecule has 64 valence electrons. The molecule has 3 rings (SSSR count). The normalized spacial score (nSPS) is 40.6. The molecule has 2 bridgehead atoms. The number of hydrogen-bond acceptors (Lipinski definition) is 2. The molecule has 11 heavy (non-hydrogen) atoms. The molecule has 3 saturated carbocycles. The van der Waals surface area contributed by atoms with Crippen molar-refractivity contribution in [2.45, 2.75) is 25.7 Å². The molecule has 0 atom stereocenters. The van der Waals surface area contributed by atoms with Crippen LogP contribution in [0.1, 0.15) is 25.7 Å². The zero-order chi connectivity index (χ0) is 7.73. The highest BCUT2D eigenvalue weighted by atomic mass is 32.2. The average molecular weight is 171 g/mol. The molecule has 3 fully saturated rings. The predicted molar refractivity (Wildman–Crippen MR) is 50.8 cm³/mol. The van der Waals surface area contributed by atoms with Crippen LogP contribution in [-0.2, 0) is 0 Å². The van der Waals surface area contributed by atoms with Gasteiger partial charge in [-0.15, -0.1) is 11.8 Å². The maximum absolute atomic E-state index is 3.52. The molecule has 1 N–H and O–H groups in total. The second kappa shape index (κ2) is 2.98. The number of hydrogen-bond donors (Lipinski definition) is 1. The van der Waals surface area contributed by atoms with E-state index in [0.29, 0.717) is 0 Å². The van der Waals surface area contributed by atoms with Crippen LogP contribution in [-0.4, -0.2) is 18.7 Å². The van der Waals surface area contributed by atoms with Crippen molar-refractivity contribution in [3.05, 3.63) is 0 Å². The van der Waals surface area contributed by atoms with E-state index in [1.54, 1.807) is 0 Å². The van der Waals surface area contributed by atoms with Crippen LogP contribution >= 0.6 is 11.8 Å². The second-order valence-electron chi connectivity index (χ2n) is 4.17. The summed E-state index contributed by atoms with van der Waals surface area (Å²) in [7, 11) is 0. The van der Waals surface area contributed by atoms with Gasteiger partial charge in [0.1, 0.15) is 0 Å². The summed E-state index contributed by atoms with van der Waals surface area (Å²) in [6.45, 7) is 1.28. The van der Waals surface area contributed by atoms with Crippen molar-refractivity contribution in [3.8, 4) is 0 Å². The summed E-state index contributed by atoms with van der Waals surface area (Å²) in [5.74, 6) is 2.25. The van der Waals surface area contributed by atoms with E-state index in [1.165, 1.54) is 32.2 Å². The Balaban J connectivity index is 1.70. The minimum Gasteiger partial charge on any atom is -0.307 e. The van der Waals surface area contributed by atoms with Crippen LogP contribution in [0.25, 0.3) is 0 Å². The standard InChI is InChI=1S/C9H17NS/c1-11-7-10-6-9-3-2-8(4-9)5-9/h8,10H,2-7H2,1H3. The Morgan fingerprint density at radius 1 is 1.55 bits per heavy atom. The van der Waals surface area contributed by atoms with E-state index in [4.69, 9.17) is 0 Å². The van der Waals surface area contributed by atoms with Gasteiger partial charge >= 0.3 is 0 Å². The van der Waals surface area contributed by atoms with Crippen molar-refractivity contribution in [1.82, 2.24) is 5.32 Å². The zero-order valence-corrected chi connectivity index (χ0v) is 8.04. The van der Waals surface area contributed by atoms with Gasteiger partial charge in [-0.1, -0.05) is 0 Å². The Labute approximate surface area is 73.3 Å². The molecule has 3 aliphatic rings. The molecule has 2 heteroatoms. The first kappa shape index (κ1) is 7.93. The molecule has 0 aromatic carbocycles. The third kappa shape index (κ3) is 1.43. The maximum atomic E-state index is 3.52. The van der Waals surface area contributed by atoms with Gasteiger partial charge in [0.15, 0.2) is 0 Å². The fourth-order valence-corrected chi connectivity index (χ4v) is 3.04. The Bertz CT molecular complexity index is 135. The van der Waals surface area contributed by atoms with Gasteiger partial charge in [-0.25, -0.2) is 0 Å². The zero-order valence-electron chi connectivity index (χ0n) is 7.23. The van der Waals surface area contributed by atoms with E-state index >= 15 is 0 Å². The molecule has 0 radical (unpaired) electrons. The van der Waals surface area contributed by atoms with E-state index in [1.807, 2.05) is 11.8 Å². The van der Waals surface area contributed by atoms with Gasteiger partial charge in [-0.3, -0.25) is 0 Å². The van der Waals surface area contributed by atoms with E-state index < -0.39 is 0 Å². The molecule has 3 aliphatic carbocycles. The fraction of sp³-hybridized carbons (Fsp3) is 1.00. The lowest BCUT2D eigenvalue weighted by atomic mass is 9.70. The minimum absolute atomic E-state index is 0.764. The van der Waals surface area contributed by atoms with Gasteiger partial charge in [-0.05, 0) is 43.3 Å². The number of rotatable bonds is 4. The van der Waals surface area contributed by atoms with Crippen molar-refractivity contribution < 1.29 is 0 Å². The molecule has 0 amide bonds. The van der Waals surface area contributed by atoms with Crippen LogP contribution in [0.2, 0.25) is 0 Å². The fourth-order valence-electron chi connectivity index (χ4n) is 2.73. The molecule has 0 unspecified atom stereocenters. The average Bonchev–Trinajstić information content (AvgIpc) is 2.45. The first-order valence-corrected chi connectivity index (χ1v) is 5.94. The van der Waals surface area contributed by atoms with E-state index in [-0.39, 0.29) is 0 Å². The van der Waals surface area contributed by atoms with Gasteiger partial charge in [0.2, 0.25) is 0 Å². The first-order valence-electron chi connectivity index (χ1n) is 4.54. The molecule has 0 heterocycles. The Morgan fingerprint density at radius 2 is 2.36 bits per heavy atom. The minimum atomic E-state index is 0.764. The summed E-state index contributed by atoms with van der Waals surface area (Å²) in [4.78, 5) is 0. The SMILES string of the molecule is CSCNCC12CCC(C1)C2. The topological polar surface area (TPSA) is 12.0 Å². The lowest BCUT2D eigenvalue weighted by molar-refractivity contribution is 0.144. The van der Waals surface area contributed by atoms with Gasteiger partial charge in [-0.2, -0.15) is 0 Å². The van der Waals surface area contributed by atoms with Crippen molar-refractivity contribution >= 4 is 11.8 Å². The highest BCUT2D eigenvalue weighted by Gasteiger charge is 2.49. The van der Waals surface area contributed by atoms with Gasteiger partial charge in [0.05, 0.1) is 0 Å². The molecule has 0 aliphatic heterocycles. The van der Waals surface area contributed by atoms with Gasteiger partial charge in [0.25, 0.3) is 0 Å². The van der Waals surface area contributed by atoms with E-state index in [0.717, 1.165) is 17.2 Å². The predicted octanol–water partition coefficient (Wildman–Crippen LogP) is 2.09. The van der Waals surface area contributed by atoms with Crippen LogP contribution in [0, 0.1) is 11.3 Å². The summed E-state index contributed by atoms with van der Waals surface area (Å²) in [6.07, 6.45) is 8.21. The van der Waals surface area contributed by atoms with Gasteiger partial charge in [0, 0.05) is 12.4 Å². The van der Waals surface area contributed by atoms with Crippen LogP contribution in [0.3, 0.4) is 0 Å². The summed E-state index contributed by atoms with van der Waals surface area (Å²) >= 11 is 1.89. The van der Waals surface area contributed by atoms with Crippen molar-refractivity contribution in [2.75, 3.05) is 18.7 Å². The Hall–Kier alpha value is 0.310. The highest BCUT2D eigenvalue weighted by molar-refractivity contribution is 7.98. The summed E-state index contributed by atoms with van der Waals surface area (Å²) in [6, 6.07) is 0. The molecule has 0 aromatic heterocycles. The van der Waals surface area contributed by atoms with Gasteiger partial charge < -0.3 is 5.32 Å². The van der Waals surface area contributed by atoms with Crippen molar-refractivity contribution in [2.24, 2.45) is 11.3 Å². The lowest BCUT2D eigenvalue weighted by Crippen LogP contribution is -2.38. The quantitative estimate of drug-likeness (QED) is 0.513. The monoisotopic (exact) mass is 171 g/mol. The van der Waals surface area contributed by atoms with Crippen LogP contribution in [0.5, 0.6) is 0 Å². The molecule has 1 nitrogen and oxygen atoms in total. The largest absolute Gasteiger partial charge is 0.307 e. The number of nitrogens with one attached hydrogen (secondary N) is 1. The van der Waals surface area contributed by atoms with Crippen LogP contribution in [0.15, 0.2) is 0 Å². The molecule has 0 saturated heterocycles. The third-order valence-electron chi connectivity index (χ3n) is 3.27. The van der Waals surface area contributed by atoms with E-state index in [2.05, 4.69) is 11.6 Å². The molecular weight excluding hydrogens is 154 g/mol. The molecule has 0 aromatic rings.